The van der Waals surface area contributed by atoms with E-state index in [-0.39, 0.29) is 0 Å². The molecule has 2 aliphatic rings. The lowest BCUT2D eigenvalue weighted by atomic mass is 10.1. The molecule has 0 bridgehead atoms. The smallest absolute Gasteiger partial charge is 0.165 e. The van der Waals surface area contributed by atoms with Crippen LogP contribution in [0, 0.1) is 0 Å². The van der Waals surface area contributed by atoms with Crippen LogP contribution in [0.25, 0.3) is 23.1 Å². The van der Waals surface area contributed by atoms with E-state index in [1.165, 1.54) is 0 Å². The van der Waals surface area contributed by atoms with Gasteiger partial charge in [0.05, 0.1) is 17.4 Å². The number of anilines is 1. The van der Waals surface area contributed by atoms with Gasteiger partial charge in [-0.05, 0) is 42.5 Å². The van der Waals surface area contributed by atoms with Gasteiger partial charge in [-0.3, -0.25) is 10.4 Å². The fourth-order valence-electron chi connectivity index (χ4n) is 2.69. The lowest BCUT2D eigenvalue weighted by molar-refractivity contribution is 0.344. The number of hydrazone groups is 1. The normalized spacial score (nSPS) is 13.4. The average Bonchev–Trinajstić information content (AvgIpc) is 3.09. The van der Waals surface area contributed by atoms with Crippen LogP contribution in [0.5, 0.6) is 5.75 Å². The van der Waals surface area contributed by atoms with Crippen molar-refractivity contribution in [3.05, 3.63) is 78.0 Å². The highest BCUT2D eigenvalue weighted by Crippen LogP contribution is 2.28. The molecule has 0 aliphatic carbocycles. The van der Waals surface area contributed by atoms with Crippen LogP contribution in [0.15, 0.2) is 77.1 Å². The molecule has 1 N–H and O–H groups in total. The number of aromatic nitrogens is 1. The number of allylic oxidation sites excluding steroid dienone is 2. The quantitative estimate of drug-likeness (QED) is 0.643. The number of rotatable bonds is 0. The molecule has 3 heterocycles. The fourth-order valence-corrected chi connectivity index (χ4v) is 2.69. The average molecular weight is 340 g/mol. The van der Waals surface area contributed by atoms with Gasteiger partial charge in [-0.25, -0.2) is 0 Å². The molecule has 0 unspecified atom stereocenters. The van der Waals surface area contributed by atoms with E-state index in [1.54, 1.807) is 18.6 Å². The predicted molar refractivity (Wildman–Crippen MR) is 107 cm³/mol. The SMILES string of the molecule is C1=Cc2ccc3ncccc3c2NN=C1.C1=Cc2ccccc2ON=C1. The van der Waals surface area contributed by atoms with Crippen molar-refractivity contribution in [3.63, 3.8) is 0 Å². The second kappa shape index (κ2) is 7.44. The number of hydrogen-bond donors (Lipinski definition) is 1. The van der Waals surface area contributed by atoms with Crippen LogP contribution in [-0.4, -0.2) is 17.4 Å². The summed E-state index contributed by atoms with van der Waals surface area (Å²) in [5.74, 6) is 0.803. The molecule has 126 valence electrons. The molecule has 0 radical (unpaired) electrons. The largest absolute Gasteiger partial charge is 0.356 e. The number of benzene rings is 2. The van der Waals surface area contributed by atoms with Gasteiger partial charge < -0.3 is 4.84 Å². The number of nitrogens with one attached hydrogen (secondary N) is 1. The van der Waals surface area contributed by atoms with Gasteiger partial charge in [0.2, 0.25) is 0 Å². The van der Waals surface area contributed by atoms with Crippen LogP contribution >= 0.6 is 0 Å². The maximum Gasteiger partial charge on any atom is 0.165 e. The summed E-state index contributed by atoms with van der Waals surface area (Å²) < 4.78 is 0. The number of fused-ring (bicyclic) bond motifs is 4. The summed E-state index contributed by atoms with van der Waals surface area (Å²) in [6.07, 6.45) is 12.9. The van der Waals surface area contributed by atoms with Gasteiger partial charge >= 0.3 is 0 Å². The number of oxime groups is 1. The minimum absolute atomic E-state index is 0.803. The lowest BCUT2D eigenvalue weighted by Gasteiger charge is -2.07. The van der Waals surface area contributed by atoms with Gasteiger partial charge in [0.1, 0.15) is 0 Å². The molecule has 3 aromatic rings. The third kappa shape index (κ3) is 3.37. The summed E-state index contributed by atoms with van der Waals surface area (Å²) >= 11 is 0. The standard InChI is InChI=1S/C12H9N3.C9H7NO/c1-3-9-5-6-11-10(4-2-7-13-11)12(9)15-14-8-1;1-2-6-9-8(4-1)5-3-7-10-11-9/h1-8,15H;1-7H. The molecule has 0 atom stereocenters. The highest BCUT2D eigenvalue weighted by Gasteiger charge is 2.06. The molecule has 26 heavy (non-hydrogen) atoms. The summed E-state index contributed by atoms with van der Waals surface area (Å²) in [5.41, 5.74) is 7.23. The molecule has 0 saturated carbocycles. The number of nitrogens with zero attached hydrogens (tertiary/aromatic N) is 3. The molecule has 1 aromatic heterocycles. The van der Waals surface area contributed by atoms with E-state index in [2.05, 4.69) is 20.7 Å². The van der Waals surface area contributed by atoms with Crippen molar-refractivity contribution in [2.45, 2.75) is 0 Å². The van der Waals surface area contributed by atoms with Crippen LogP contribution in [0.1, 0.15) is 11.1 Å². The van der Waals surface area contributed by atoms with Gasteiger partial charge in [-0.15, -0.1) is 0 Å². The lowest BCUT2D eigenvalue weighted by Crippen LogP contribution is -1.92. The van der Waals surface area contributed by atoms with Crippen molar-refractivity contribution in [1.29, 1.82) is 0 Å². The van der Waals surface area contributed by atoms with E-state index in [0.717, 1.165) is 33.5 Å². The summed E-state index contributed by atoms with van der Waals surface area (Å²) in [6.45, 7) is 0. The first-order valence-corrected chi connectivity index (χ1v) is 8.21. The zero-order valence-corrected chi connectivity index (χ0v) is 13.9. The Hall–Kier alpha value is -3.73. The van der Waals surface area contributed by atoms with E-state index in [0.29, 0.717) is 0 Å². The van der Waals surface area contributed by atoms with Crippen LogP contribution in [0.2, 0.25) is 0 Å². The number of pyridine rings is 1. The fraction of sp³-hybridized carbons (Fsp3) is 0. The Morgan fingerprint density at radius 2 is 1.69 bits per heavy atom. The van der Waals surface area contributed by atoms with Crippen molar-refractivity contribution in [2.75, 3.05) is 5.43 Å². The Bertz CT molecular complexity index is 1050. The number of hydrogen-bond acceptors (Lipinski definition) is 5. The zero-order chi connectivity index (χ0) is 17.6. The van der Waals surface area contributed by atoms with E-state index in [9.17, 15) is 0 Å². The topological polar surface area (TPSA) is 58.9 Å². The Kier molecular flexibility index (Phi) is 4.52. The Morgan fingerprint density at radius 1 is 0.808 bits per heavy atom. The second-order valence-electron chi connectivity index (χ2n) is 5.59. The monoisotopic (exact) mass is 340 g/mol. The Labute approximate surface area is 151 Å². The third-order valence-corrected chi connectivity index (χ3v) is 3.92. The van der Waals surface area contributed by atoms with Crippen LogP contribution in [0.3, 0.4) is 0 Å². The highest BCUT2D eigenvalue weighted by atomic mass is 16.6. The molecule has 0 fully saturated rings. The van der Waals surface area contributed by atoms with Crippen molar-refractivity contribution in [3.8, 4) is 5.75 Å². The van der Waals surface area contributed by atoms with E-state index in [1.807, 2.05) is 72.8 Å². The molecule has 2 aromatic carbocycles. The van der Waals surface area contributed by atoms with Gasteiger partial charge in [0.25, 0.3) is 0 Å². The van der Waals surface area contributed by atoms with E-state index in [4.69, 9.17) is 4.84 Å². The molecule has 5 nitrogen and oxygen atoms in total. The van der Waals surface area contributed by atoms with Gasteiger partial charge in [0, 0.05) is 28.9 Å². The van der Waals surface area contributed by atoms with E-state index < -0.39 is 0 Å². The van der Waals surface area contributed by atoms with Crippen molar-refractivity contribution in [2.24, 2.45) is 10.3 Å². The Morgan fingerprint density at radius 3 is 2.69 bits per heavy atom. The first-order valence-electron chi connectivity index (χ1n) is 8.21. The summed E-state index contributed by atoms with van der Waals surface area (Å²) in [5, 5.41) is 8.87. The van der Waals surface area contributed by atoms with Crippen molar-refractivity contribution >= 4 is 41.2 Å². The van der Waals surface area contributed by atoms with Gasteiger partial charge in [-0.1, -0.05) is 35.5 Å². The van der Waals surface area contributed by atoms with E-state index >= 15 is 0 Å². The van der Waals surface area contributed by atoms with Crippen LogP contribution < -0.4 is 10.3 Å². The van der Waals surface area contributed by atoms with Crippen molar-refractivity contribution < 1.29 is 4.84 Å². The maximum atomic E-state index is 5.06. The summed E-state index contributed by atoms with van der Waals surface area (Å²) in [6, 6.07) is 15.8. The molecule has 5 rings (SSSR count). The van der Waals surface area contributed by atoms with Gasteiger partial charge in [-0.2, -0.15) is 5.10 Å². The second-order valence-corrected chi connectivity index (χ2v) is 5.59. The molecule has 0 amide bonds. The zero-order valence-electron chi connectivity index (χ0n) is 13.9. The molecular formula is C21H16N4O. The van der Waals surface area contributed by atoms with Crippen LogP contribution in [0.4, 0.5) is 5.69 Å². The first kappa shape index (κ1) is 15.8. The van der Waals surface area contributed by atoms with Crippen LogP contribution in [-0.2, 0) is 0 Å². The predicted octanol–water partition coefficient (Wildman–Crippen LogP) is 4.74. The Balaban J connectivity index is 0.000000136. The number of para-hydroxylation sites is 1. The molecular weight excluding hydrogens is 324 g/mol. The summed E-state index contributed by atoms with van der Waals surface area (Å²) in [7, 11) is 0. The molecule has 5 heteroatoms. The summed E-state index contributed by atoms with van der Waals surface area (Å²) in [4.78, 5) is 9.36. The molecule has 0 saturated heterocycles. The minimum atomic E-state index is 0.803. The van der Waals surface area contributed by atoms with Gasteiger partial charge in [0.15, 0.2) is 5.75 Å². The third-order valence-electron chi connectivity index (χ3n) is 3.92. The molecule has 0 spiro atoms. The minimum Gasteiger partial charge on any atom is -0.356 e. The first-order chi connectivity index (χ1) is 12.9. The highest BCUT2D eigenvalue weighted by molar-refractivity contribution is 5.98. The van der Waals surface area contributed by atoms with Crippen molar-refractivity contribution in [1.82, 2.24) is 4.98 Å². The maximum absolute atomic E-state index is 5.06. The molecule has 2 aliphatic heterocycles.